The van der Waals surface area contributed by atoms with Crippen LogP contribution < -0.4 is 0 Å². The first-order chi connectivity index (χ1) is 11.6. The summed E-state index contributed by atoms with van der Waals surface area (Å²) in [5.41, 5.74) is 0.845. The Labute approximate surface area is 148 Å². The maximum absolute atomic E-state index is 13.8. The molecule has 0 spiro atoms. The second kappa shape index (κ2) is 5.88. The second-order valence-electron chi connectivity index (χ2n) is 5.64. The number of ether oxygens (including phenoxy) is 1. The van der Waals surface area contributed by atoms with Gasteiger partial charge >= 0.3 is 0 Å². The fourth-order valence-corrected chi connectivity index (χ4v) is 3.36. The van der Waals surface area contributed by atoms with Gasteiger partial charge in [-0.3, -0.25) is 0 Å². The van der Waals surface area contributed by atoms with Crippen LogP contribution in [0.1, 0.15) is 17.2 Å². The molecule has 2 unspecified atom stereocenters. The van der Waals surface area contributed by atoms with Gasteiger partial charge in [0.25, 0.3) is 0 Å². The van der Waals surface area contributed by atoms with Gasteiger partial charge in [0.2, 0.25) is 0 Å². The van der Waals surface area contributed by atoms with Gasteiger partial charge in [-0.1, -0.05) is 41.9 Å². The molecule has 1 aliphatic heterocycles. The number of benzene rings is 2. The third-order valence-electron chi connectivity index (χ3n) is 4.18. The summed E-state index contributed by atoms with van der Waals surface area (Å²) in [6.07, 6.45) is 1.14. The minimum atomic E-state index is -0.752. The Hall–Kier alpha value is -1.89. The predicted molar refractivity (Wildman–Crippen MR) is 90.6 cm³/mol. The molecule has 1 aliphatic rings. The monoisotopic (exact) mass is 361 g/mol. The van der Waals surface area contributed by atoms with Crippen molar-refractivity contribution in [2.24, 2.45) is 0 Å². The molecule has 2 aromatic carbocycles. The smallest absolute Gasteiger partial charge is 0.183 e. The Morgan fingerprint density at radius 2 is 2.08 bits per heavy atom. The molecule has 3 aromatic rings. The van der Waals surface area contributed by atoms with Crippen molar-refractivity contribution in [1.82, 2.24) is 14.8 Å². The summed E-state index contributed by atoms with van der Waals surface area (Å²) < 4.78 is 21.5. The molecular weight excluding hydrogens is 349 g/mol. The zero-order valence-corrected chi connectivity index (χ0v) is 14.1. The van der Waals surface area contributed by atoms with Gasteiger partial charge in [0, 0.05) is 10.6 Å². The van der Waals surface area contributed by atoms with Crippen LogP contribution in [0.3, 0.4) is 0 Å². The van der Waals surface area contributed by atoms with Crippen molar-refractivity contribution in [2.75, 3.05) is 0 Å². The largest absolute Gasteiger partial charge is 0.354 e. The first-order valence-corrected chi connectivity index (χ1v) is 8.18. The van der Waals surface area contributed by atoms with E-state index in [1.54, 1.807) is 10.7 Å². The van der Waals surface area contributed by atoms with Crippen molar-refractivity contribution in [3.05, 3.63) is 76.8 Å². The van der Waals surface area contributed by atoms with E-state index in [0.29, 0.717) is 16.7 Å². The number of nitrogens with zero attached hydrogens (tertiary/aromatic N) is 3. The fraction of sp³-hybridized carbons (Fsp3) is 0.176. The summed E-state index contributed by atoms with van der Waals surface area (Å²) in [5, 5.41) is 5.25. The molecule has 0 saturated carbocycles. The molecule has 0 amide bonds. The first kappa shape index (κ1) is 15.6. The molecule has 122 valence electrons. The van der Waals surface area contributed by atoms with E-state index in [1.165, 1.54) is 18.5 Å². The Balaban J connectivity index is 1.78. The molecule has 0 N–H and O–H groups in total. The summed E-state index contributed by atoms with van der Waals surface area (Å²) in [6.45, 7) is 0.366. The molecule has 0 radical (unpaired) electrons. The fourth-order valence-electron chi connectivity index (χ4n) is 2.95. The average molecular weight is 362 g/mol. The lowest BCUT2D eigenvalue weighted by molar-refractivity contribution is 0.256. The van der Waals surface area contributed by atoms with Crippen molar-refractivity contribution in [3.8, 4) is 0 Å². The molecule has 4 nitrogen and oxygen atoms in total. The van der Waals surface area contributed by atoms with Crippen LogP contribution in [0.25, 0.3) is 0 Å². The highest BCUT2D eigenvalue weighted by Crippen LogP contribution is 2.59. The van der Waals surface area contributed by atoms with E-state index in [1.807, 2.05) is 30.3 Å². The van der Waals surface area contributed by atoms with Crippen molar-refractivity contribution in [3.63, 3.8) is 0 Å². The number of hydrogen-bond donors (Lipinski definition) is 1. The Morgan fingerprint density at radius 3 is 2.79 bits per heavy atom. The summed E-state index contributed by atoms with van der Waals surface area (Å²) in [4.78, 5) is 4.02. The standard InChI is InChI=1S/C17H13ClFN3OS/c18-14-7-2-1-6-13(14)15-17(23-15,9-22-16(24)20-10-21-22)11-4-3-5-12(19)8-11/h1-8,10,15H,9H2,(H,20,21,24). The van der Waals surface area contributed by atoms with E-state index >= 15 is 0 Å². The van der Waals surface area contributed by atoms with Gasteiger partial charge in [0.1, 0.15) is 23.8 Å². The van der Waals surface area contributed by atoms with Gasteiger partial charge < -0.3 is 4.74 Å². The lowest BCUT2D eigenvalue weighted by Gasteiger charge is -2.15. The van der Waals surface area contributed by atoms with Gasteiger partial charge in [0.05, 0.1) is 6.54 Å². The maximum Gasteiger partial charge on any atom is 0.183 e. The molecule has 1 saturated heterocycles. The highest BCUT2D eigenvalue weighted by Gasteiger charge is 2.59. The van der Waals surface area contributed by atoms with E-state index in [4.69, 9.17) is 16.3 Å². The van der Waals surface area contributed by atoms with Crippen LogP contribution in [-0.4, -0.2) is 14.8 Å². The number of epoxide rings is 1. The van der Waals surface area contributed by atoms with Crippen LogP contribution in [0.4, 0.5) is 4.39 Å². The molecule has 1 fully saturated rings. The van der Waals surface area contributed by atoms with Gasteiger partial charge in [-0.05, 0) is 23.8 Å². The van der Waals surface area contributed by atoms with E-state index in [0.717, 1.165) is 11.1 Å². The normalized spacial score (nSPS) is 22.5. The van der Waals surface area contributed by atoms with Gasteiger partial charge in [-0.15, -0.1) is 12.6 Å². The number of rotatable bonds is 4. The number of hydrogen-bond acceptors (Lipinski definition) is 4. The van der Waals surface area contributed by atoms with Crippen LogP contribution in [-0.2, 0) is 16.9 Å². The van der Waals surface area contributed by atoms with Crippen LogP contribution in [0.2, 0.25) is 5.02 Å². The Morgan fingerprint density at radius 1 is 1.25 bits per heavy atom. The molecule has 0 bridgehead atoms. The predicted octanol–water partition coefficient (Wildman–Crippen LogP) is 4.03. The summed E-state index contributed by atoms with van der Waals surface area (Å²) in [6, 6.07) is 13.9. The number of aromatic nitrogens is 3. The first-order valence-electron chi connectivity index (χ1n) is 7.35. The summed E-state index contributed by atoms with van der Waals surface area (Å²) in [7, 11) is 0. The van der Waals surface area contributed by atoms with Crippen LogP contribution in [0, 0.1) is 5.82 Å². The van der Waals surface area contributed by atoms with E-state index in [-0.39, 0.29) is 11.9 Å². The van der Waals surface area contributed by atoms with Crippen LogP contribution in [0.15, 0.2) is 60.0 Å². The van der Waals surface area contributed by atoms with E-state index in [9.17, 15) is 4.39 Å². The van der Waals surface area contributed by atoms with Gasteiger partial charge in [-0.25, -0.2) is 14.1 Å². The SMILES string of the molecule is Fc1cccc(C2(Cn3ncnc3S)OC2c2ccccc2Cl)c1. The molecule has 4 rings (SSSR count). The average Bonchev–Trinajstić information content (AvgIpc) is 3.16. The lowest BCUT2D eigenvalue weighted by atomic mass is 9.91. The maximum atomic E-state index is 13.8. The van der Waals surface area contributed by atoms with Crippen LogP contribution in [0.5, 0.6) is 0 Å². The molecule has 24 heavy (non-hydrogen) atoms. The molecule has 7 heteroatoms. The van der Waals surface area contributed by atoms with Crippen molar-refractivity contribution < 1.29 is 9.13 Å². The molecule has 2 atom stereocenters. The second-order valence-corrected chi connectivity index (χ2v) is 6.44. The van der Waals surface area contributed by atoms with Crippen molar-refractivity contribution >= 4 is 24.2 Å². The minimum Gasteiger partial charge on any atom is -0.354 e. The minimum absolute atomic E-state index is 0.287. The van der Waals surface area contributed by atoms with Crippen molar-refractivity contribution in [1.29, 1.82) is 0 Å². The number of thiol groups is 1. The third-order valence-corrected chi connectivity index (χ3v) is 4.87. The summed E-state index contributed by atoms with van der Waals surface area (Å²) >= 11 is 10.6. The molecule has 2 heterocycles. The zero-order chi connectivity index (χ0) is 16.7. The van der Waals surface area contributed by atoms with Crippen LogP contribution >= 0.6 is 24.2 Å². The van der Waals surface area contributed by atoms with E-state index < -0.39 is 5.60 Å². The van der Waals surface area contributed by atoms with E-state index in [2.05, 4.69) is 22.7 Å². The quantitative estimate of drug-likeness (QED) is 0.563. The van der Waals surface area contributed by atoms with Gasteiger partial charge in [-0.2, -0.15) is 5.10 Å². The topological polar surface area (TPSA) is 43.2 Å². The highest BCUT2D eigenvalue weighted by molar-refractivity contribution is 7.80. The molecule has 0 aliphatic carbocycles. The molecule has 1 aromatic heterocycles. The Bertz CT molecular complexity index is 903. The molecular formula is C17H13ClFN3OS. The number of halogens is 2. The third kappa shape index (κ3) is 2.60. The van der Waals surface area contributed by atoms with Crippen molar-refractivity contribution in [2.45, 2.75) is 23.4 Å². The highest BCUT2D eigenvalue weighted by atomic mass is 35.5. The summed E-state index contributed by atoms with van der Waals surface area (Å²) in [5.74, 6) is -0.315. The Kier molecular flexibility index (Phi) is 3.83. The van der Waals surface area contributed by atoms with Gasteiger partial charge in [0.15, 0.2) is 5.16 Å². The lowest BCUT2D eigenvalue weighted by Crippen LogP contribution is -2.20. The zero-order valence-electron chi connectivity index (χ0n) is 12.4.